The zero-order valence-electron chi connectivity index (χ0n) is 14.5. The lowest BCUT2D eigenvalue weighted by Gasteiger charge is -2.15. The predicted octanol–water partition coefficient (Wildman–Crippen LogP) is 3.44. The molecule has 7 heteroatoms. The molecule has 25 heavy (non-hydrogen) atoms. The highest BCUT2D eigenvalue weighted by molar-refractivity contribution is 14.0. The zero-order chi connectivity index (χ0) is 17.2. The molecule has 5 nitrogen and oxygen atoms in total. The van der Waals surface area contributed by atoms with Crippen LogP contribution in [0.2, 0.25) is 0 Å². The summed E-state index contributed by atoms with van der Waals surface area (Å²) < 4.78 is 13.1. The molecule has 0 spiro atoms. The van der Waals surface area contributed by atoms with Gasteiger partial charge in [-0.25, -0.2) is 4.39 Å². The Balaban J connectivity index is 0.00000312. The fraction of sp³-hybridized carbons (Fsp3) is 0.444. The van der Waals surface area contributed by atoms with Crippen LogP contribution in [0, 0.1) is 5.82 Å². The van der Waals surface area contributed by atoms with Gasteiger partial charge in [0.2, 0.25) is 5.91 Å². The summed E-state index contributed by atoms with van der Waals surface area (Å²) in [5, 5.41) is 8.80. The Kier molecular flexibility index (Phi) is 10.1. The molecular formula is C18H26FIN4O. The fourth-order valence-electron chi connectivity index (χ4n) is 2.63. The molecule has 0 aromatic heterocycles. The molecule has 0 saturated carbocycles. The third-order valence-electron chi connectivity index (χ3n) is 3.87. The first-order valence-corrected chi connectivity index (χ1v) is 8.35. The minimum Gasteiger partial charge on any atom is -0.356 e. The molecule has 0 aliphatic heterocycles. The van der Waals surface area contributed by atoms with E-state index in [0.29, 0.717) is 11.6 Å². The largest absolute Gasteiger partial charge is 0.356 e. The summed E-state index contributed by atoms with van der Waals surface area (Å²) in [5.41, 5.74) is 1.93. The summed E-state index contributed by atoms with van der Waals surface area (Å²) >= 11 is 0. The molecule has 0 heterocycles. The Morgan fingerprint density at radius 3 is 2.80 bits per heavy atom. The van der Waals surface area contributed by atoms with Crippen molar-refractivity contribution in [3.05, 3.63) is 41.7 Å². The van der Waals surface area contributed by atoms with Gasteiger partial charge in [-0.1, -0.05) is 17.7 Å². The van der Waals surface area contributed by atoms with Gasteiger partial charge in [-0.2, -0.15) is 0 Å². The molecule has 138 valence electrons. The monoisotopic (exact) mass is 460 g/mol. The standard InChI is InChI=1S/C18H25FN4O.HI/c1-20-18(21-11-10-14-6-3-2-4-7-14)22-13-17(24)23-16-9-5-8-15(19)12-16;/h5-6,8-9,12H,2-4,7,10-11,13H2,1H3,(H,23,24)(H2,20,21,22);1H. The topological polar surface area (TPSA) is 65.5 Å². The van der Waals surface area contributed by atoms with E-state index in [-0.39, 0.29) is 42.2 Å². The number of carbonyl (C=O) groups excluding carboxylic acids is 1. The van der Waals surface area contributed by atoms with Crippen LogP contribution in [-0.4, -0.2) is 32.0 Å². The van der Waals surface area contributed by atoms with E-state index in [1.807, 2.05) is 0 Å². The molecule has 2 rings (SSSR count). The van der Waals surface area contributed by atoms with Crippen molar-refractivity contribution >= 4 is 41.5 Å². The summed E-state index contributed by atoms with van der Waals surface area (Å²) in [5.74, 6) is -0.0467. The van der Waals surface area contributed by atoms with Crippen LogP contribution in [0.1, 0.15) is 32.1 Å². The second kappa shape index (κ2) is 11.8. The van der Waals surface area contributed by atoms with Gasteiger partial charge < -0.3 is 16.0 Å². The van der Waals surface area contributed by atoms with Crippen LogP contribution in [0.25, 0.3) is 0 Å². The average Bonchev–Trinajstić information content (AvgIpc) is 2.59. The highest BCUT2D eigenvalue weighted by atomic mass is 127. The summed E-state index contributed by atoms with van der Waals surface area (Å²) in [6.07, 6.45) is 8.26. The van der Waals surface area contributed by atoms with E-state index in [2.05, 4.69) is 27.0 Å². The van der Waals surface area contributed by atoms with E-state index >= 15 is 0 Å². The number of allylic oxidation sites excluding steroid dienone is 1. The van der Waals surface area contributed by atoms with E-state index in [4.69, 9.17) is 0 Å². The molecule has 1 aromatic rings. The zero-order valence-corrected chi connectivity index (χ0v) is 16.8. The lowest BCUT2D eigenvalue weighted by atomic mass is 9.97. The van der Waals surface area contributed by atoms with Crippen molar-refractivity contribution in [2.75, 3.05) is 25.5 Å². The highest BCUT2D eigenvalue weighted by Crippen LogP contribution is 2.19. The Morgan fingerprint density at radius 2 is 2.12 bits per heavy atom. The second-order valence-electron chi connectivity index (χ2n) is 5.77. The summed E-state index contributed by atoms with van der Waals surface area (Å²) in [6, 6.07) is 5.81. The van der Waals surface area contributed by atoms with Gasteiger partial charge >= 0.3 is 0 Å². The first kappa shape index (κ1) is 21.4. The number of carbonyl (C=O) groups is 1. The summed E-state index contributed by atoms with van der Waals surface area (Å²) in [6.45, 7) is 0.857. The van der Waals surface area contributed by atoms with E-state index in [1.165, 1.54) is 43.4 Å². The molecule has 0 bridgehead atoms. The normalized spacial score (nSPS) is 14.2. The molecule has 3 N–H and O–H groups in total. The van der Waals surface area contributed by atoms with Gasteiger partial charge in [0.25, 0.3) is 0 Å². The summed E-state index contributed by atoms with van der Waals surface area (Å²) in [7, 11) is 1.67. The maximum Gasteiger partial charge on any atom is 0.243 e. The number of anilines is 1. The van der Waals surface area contributed by atoms with Crippen molar-refractivity contribution in [2.45, 2.75) is 32.1 Å². The lowest BCUT2D eigenvalue weighted by Crippen LogP contribution is -2.41. The van der Waals surface area contributed by atoms with Crippen molar-refractivity contribution in [1.82, 2.24) is 10.6 Å². The van der Waals surface area contributed by atoms with Gasteiger partial charge in [0, 0.05) is 19.3 Å². The third-order valence-corrected chi connectivity index (χ3v) is 3.87. The van der Waals surface area contributed by atoms with Crippen molar-refractivity contribution in [3.63, 3.8) is 0 Å². The molecular weight excluding hydrogens is 434 g/mol. The van der Waals surface area contributed by atoms with Crippen LogP contribution in [0.4, 0.5) is 10.1 Å². The quantitative estimate of drug-likeness (QED) is 0.264. The molecule has 0 saturated heterocycles. The number of nitrogens with zero attached hydrogens (tertiary/aromatic N) is 1. The molecule has 1 aliphatic rings. The number of hydrogen-bond donors (Lipinski definition) is 3. The van der Waals surface area contributed by atoms with Crippen LogP contribution in [0.5, 0.6) is 0 Å². The van der Waals surface area contributed by atoms with E-state index < -0.39 is 0 Å². The minimum absolute atomic E-state index is 0. The minimum atomic E-state index is -0.379. The van der Waals surface area contributed by atoms with E-state index in [1.54, 1.807) is 19.2 Å². The molecule has 1 amide bonds. The molecule has 1 aromatic carbocycles. The maximum absolute atomic E-state index is 13.1. The number of halogens is 2. The fourth-order valence-corrected chi connectivity index (χ4v) is 2.63. The highest BCUT2D eigenvalue weighted by Gasteiger charge is 2.06. The van der Waals surface area contributed by atoms with E-state index in [0.717, 1.165) is 13.0 Å². The molecule has 0 fully saturated rings. The van der Waals surface area contributed by atoms with Gasteiger partial charge in [-0.15, -0.1) is 24.0 Å². The van der Waals surface area contributed by atoms with Gasteiger partial charge in [0.1, 0.15) is 5.82 Å². The Morgan fingerprint density at radius 1 is 1.28 bits per heavy atom. The Hall–Kier alpha value is -1.64. The maximum atomic E-state index is 13.1. The van der Waals surface area contributed by atoms with Crippen molar-refractivity contribution in [1.29, 1.82) is 0 Å². The number of rotatable bonds is 6. The van der Waals surface area contributed by atoms with E-state index in [9.17, 15) is 9.18 Å². The number of aliphatic imine (C=N–C) groups is 1. The number of benzene rings is 1. The van der Waals surface area contributed by atoms with Crippen LogP contribution in [-0.2, 0) is 4.79 Å². The van der Waals surface area contributed by atoms with Gasteiger partial charge in [-0.3, -0.25) is 9.79 Å². The molecule has 1 aliphatic carbocycles. The summed E-state index contributed by atoms with van der Waals surface area (Å²) in [4.78, 5) is 16.0. The van der Waals surface area contributed by atoms with Gasteiger partial charge in [0.15, 0.2) is 5.96 Å². The predicted molar refractivity (Wildman–Crippen MR) is 111 cm³/mol. The van der Waals surface area contributed by atoms with Crippen molar-refractivity contribution in [2.24, 2.45) is 4.99 Å². The lowest BCUT2D eigenvalue weighted by molar-refractivity contribution is -0.115. The van der Waals surface area contributed by atoms with Crippen LogP contribution in [0.15, 0.2) is 40.9 Å². The second-order valence-corrected chi connectivity index (χ2v) is 5.77. The smallest absolute Gasteiger partial charge is 0.243 e. The van der Waals surface area contributed by atoms with Crippen LogP contribution >= 0.6 is 24.0 Å². The molecule has 0 unspecified atom stereocenters. The van der Waals surface area contributed by atoms with Gasteiger partial charge in [0.05, 0.1) is 6.54 Å². The number of amides is 1. The molecule has 0 radical (unpaired) electrons. The third kappa shape index (κ3) is 8.33. The first-order valence-electron chi connectivity index (χ1n) is 8.35. The SMILES string of the molecule is CN=C(NCCC1=CCCCC1)NCC(=O)Nc1cccc(F)c1.I. The van der Waals surface area contributed by atoms with Crippen LogP contribution < -0.4 is 16.0 Å². The number of guanidine groups is 1. The van der Waals surface area contributed by atoms with Crippen molar-refractivity contribution in [3.8, 4) is 0 Å². The molecule has 0 atom stereocenters. The number of hydrogen-bond acceptors (Lipinski definition) is 2. The Bertz CT molecular complexity index is 619. The first-order chi connectivity index (χ1) is 11.7. The Labute approximate surface area is 165 Å². The average molecular weight is 460 g/mol. The van der Waals surface area contributed by atoms with Crippen LogP contribution in [0.3, 0.4) is 0 Å². The van der Waals surface area contributed by atoms with Crippen molar-refractivity contribution < 1.29 is 9.18 Å². The number of nitrogens with one attached hydrogen (secondary N) is 3. The van der Waals surface area contributed by atoms with Gasteiger partial charge in [-0.05, 0) is 50.3 Å².